The molecule has 0 aliphatic carbocycles. The van der Waals surface area contributed by atoms with Gasteiger partial charge in [0, 0.05) is 23.5 Å². The van der Waals surface area contributed by atoms with E-state index in [9.17, 15) is 8.42 Å². The number of halogens is 1. The topological polar surface area (TPSA) is 52.6 Å². The summed E-state index contributed by atoms with van der Waals surface area (Å²) in [6.45, 7) is 4.85. The van der Waals surface area contributed by atoms with E-state index in [-0.39, 0.29) is 11.0 Å². The average molecular weight is 305 g/mol. The Morgan fingerprint density at radius 3 is 2.21 bits per heavy atom. The van der Waals surface area contributed by atoms with Gasteiger partial charge in [-0.05, 0) is 37.1 Å². The van der Waals surface area contributed by atoms with E-state index >= 15 is 0 Å². The van der Waals surface area contributed by atoms with Crippen molar-refractivity contribution < 1.29 is 17.9 Å². The van der Waals surface area contributed by atoms with E-state index in [1.807, 2.05) is 0 Å². The Bertz CT molecular complexity index is 539. The molecule has 19 heavy (non-hydrogen) atoms. The fourth-order valence-electron chi connectivity index (χ4n) is 2.35. The monoisotopic (exact) mass is 304 g/mol. The molecule has 0 atom stereocenters. The van der Waals surface area contributed by atoms with E-state index in [0.29, 0.717) is 30.1 Å². The highest BCUT2D eigenvalue weighted by atomic mass is 35.7. The molecule has 0 unspecified atom stereocenters. The van der Waals surface area contributed by atoms with Crippen LogP contribution in [0.25, 0.3) is 0 Å². The molecule has 1 aromatic carbocycles. The molecule has 1 aromatic rings. The predicted molar refractivity (Wildman–Crippen MR) is 73.4 cm³/mol. The minimum Gasteiger partial charge on any atom is -0.490 e. The smallest absolute Gasteiger partial charge is 0.261 e. The minimum atomic E-state index is -3.72. The highest BCUT2D eigenvalue weighted by Gasteiger charge is 2.20. The zero-order valence-electron chi connectivity index (χ0n) is 11.0. The summed E-state index contributed by atoms with van der Waals surface area (Å²) in [4.78, 5) is 0.175. The van der Waals surface area contributed by atoms with Crippen LogP contribution in [-0.2, 0) is 13.8 Å². The molecule has 0 bridgehead atoms. The Kier molecular flexibility index (Phi) is 4.38. The SMILES string of the molecule is Cc1cc(OC2CCOCC2)cc(C)c1S(=O)(=O)Cl. The van der Waals surface area contributed by atoms with Crippen molar-refractivity contribution >= 4 is 19.7 Å². The third kappa shape index (κ3) is 3.61. The summed E-state index contributed by atoms with van der Waals surface area (Å²) in [6, 6.07) is 3.44. The highest BCUT2D eigenvalue weighted by Crippen LogP contribution is 2.29. The normalized spacial score (nSPS) is 17.4. The van der Waals surface area contributed by atoms with Crippen LogP contribution in [0.4, 0.5) is 0 Å². The Morgan fingerprint density at radius 1 is 1.21 bits per heavy atom. The van der Waals surface area contributed by atoms with Gasteiger partial charge in [0.15, 0.2) is 0 Å². The number of ether oxygens (including phenoxy) is 2. The van der Waals surface area contributed by atoms with Gasteiger partial charge in [0.2, 0.25) is 0 Å². The van der Waals surface area contributed by atoms with Gasteiger partial charge in [0.25, 0.3) is 9.05 Å². The van der Waals surface area contributed by atoms with Crippen LogP contribution in [0, 0.1) is 13.8 Å². The van der Waals surface area contributed by atoms with Gasteiger partial charge in [-0.2, -0.15) is 0 Å². The molecule has 0 spiro atoms. The predicted octanol–water partition coefficient (Wildman–Crippen LogP) is 2.79. The largest absolute Gasteiger partial charge is 0.490 e. The molecule has 1 saturated heterocycles. The first-order chi connectivity index (χ1) is 8.88. The molecule has 6 heteroatoms. The maximum Gasteiger partial charge on any atom is 0.261 e. The van der Waals surface area contributed by atoms with Crippen LogP contribution in [0.5, 0.6) is 5.75 Å². The second-order valence-electron chi connectivity index (χ2n) is 4.75. The van der Waals surface area contributed by atoms with Gasteiger partial charge in [-0.1, -0.05) is 0 Å². The molecular weight excluding hydrogens is 288 g/mol. The standard InChI is InChI=1S/C13H17ClO4S/c1-9-7-12(18-11-3-5-17-6-4-11)8-10(2)13(9)19(14,15)16/h7-8,11H,3-6H2,1-2H3. The van der Waals surface area contributed by atoms with Gasteiger partial charge < -0.3 is 9.47 Å². The Morgan fingerprint density at radius 2 is 1.74 bits per heavy atom. The van der Waals surface area contributed by atoms with Crippen molar-refractivity contribution in [1.82, 2.24) is 0 Å². The summed E-state index contributed by atoms with van der Waals surface area (Å²) in [6.07, 6.45) is 1.84. The molecule has 1 aliphatic heterocycles. The Balaban J connectivity index is 2.24. The van der Waals surface area contributed by atoms with Gasteiger partial charge in [-0.25, -0.2) is 8.42 Å². The van der Waals surface area contributed by atoms with E-state index in [1.165, 1.54) is 0 Å². The quantitative estimate of drug-likeness (QED) is 0.806. The number of hydrogen-bond donors (Lipinski definition) is 0. The van der Waals surface area contributed by atoms with Gasteiger partial charge >= 0.3 is 0 Å². The molecule has 2 rings (SSSR count). The van der Waals surface area contributed by atoms with Crippen LogP contribution in [0.3, 0.4) is 0 Å². The molecule has 0 amide bonds. The highest BCUT2D eigenvalue weighted by molar-refractivity contribution is 8.13. The molecule has 4 nitrogen and oxygen atoms in total. The summed E-state index contributed by atoms with van der Waals surface area (Å²) in [5, 5.41) is 0. The van der Waals surface area contributed by atoms with Crippen molar-refractivity contribution in [2.45, 2.75) is 37.7 Å². The van der Waals surface area contributed by atoms with Crippen LogP contribution in [0.1, 0.15) is 24.0 Å². The fourth-order valence-corrected chi connectivity index (χ4v) is 3.97. The molecule has 0 saturated carbocycles. The second kappa shape index (κ2) is 5.69. The molecule has 0 radical (unpaired) electrons. The van der Waals surface area contributed by atoms with Crippen LogP contribution in [0.2, 0.25) is 0 Å². The van der Waals surface area contributed by atoms with E-state index in [0.717, 1.165) is 12.8 Å². The third-order valence-corrected chi connectivity index (χ3v) is 4.74. The lowest BCUT2D eigenvalue weighted by Crippen LogP contribution is -2.26. The summed E-state index contributed by atoms with van der Waals surface area (Å²) >= 11 is 0. The van der Waals surface area contributed by atoms with Gasteiger partial charge in [0.1, 0.15) is 11.9 Å². The first-order valence-electron chi connectivity index (χ1n) is 6.18. The van der Waals surface area contributed by atoms with Crippen LogP contribution in [-0.4, -0.2) is 27.7 Å². The average Bonchev–Trinajstić information content (AvgIpc) is 2.27. The summed E-state index contributed by atoms with van der Waals surface area (Å²) in [5.41, 5.74) is 1.22. The molecule has 1 fully saturated rings. The fraction of sp³-hybridized carbons (Fsp3) is 0.538. The molecule has 1 aliphatic rings. The van der Waals surface area contributed by atoms with Crippen molar-refractivity contribution in [2.24, 2.45) is 0 Å². The minimum absolute atomic E-state index is 0.131. The zero-order chi connectivity index (χ0) is 14.0. The van der Waals surface area contributed by atoms with E-state index in [2.05, 4.69) is 0 Å². The van der Waals surface area contributed by atoms with E-state index in [1.54, 1.807) is 26.0 Å². The first-order valence-corrected chi connectivity index (χ1v) is 8.49. The van der Waals surface area contributed by atoms with Crippen LogP contribution >= 0.6 is 10.7 Å². The van der Waals surface area contributed by atoms with Gasteiger partial charge in [-0.3, -0.25) is 0 Å². The molecular formula is C13H17ClO4S. The number of benzene rings is 1. The Labute approximate surface area is 118 Å². The summed E-state index contributed by atoms with van der Waals surface area (Å²) < 4.78 is 34.1. The van der Waals surface area contributed by atoms with E-state index < -0.39 is 9.05 Å². The maximum atomic E-state index is 11.5. The zero-order valence-corrected chi connectivity index (χ0v) is 12.6. The maximum absolute atomic E-state index is 11.5. The number of aryl methyl sites for hydroxylation is 2. The van der Waals surface area contributed by atoms with E-state index in [4.69, 9.17) is 20.2 Å². The molecule has 0 N–H and O–H groups in total. The number of rotatable bonds is 3. The van der Waals surface area contributed by atoms with Crippen molar-refractivity contribution in [3.05, 3.63) is 23.3 Å². The summed E-state index contributed by atoms with van der Waals surface area (Å²) in [5.74, 6) is 0.686. The van der Waals surface area contributed by atoms with Gasteiger partial charge in [-0.15, -0.1) is 0 Å². The van der Waals surface area contributed by atoms with Crippen LogP contribution < -0.4 is 4.74 Å². The molecule has 1 heterocycles. The second-order valence-corrected chi connectivity index (χ2v) is 7.26. The lowest BCUT2D eigenvalue weighted by Gasteiger charge is -2.24. The Hall–Kier alpha value is -0.780. The van der Waals surface area contributed by atoms with Crippen molar-refractivity contribution in [3.63, 3.8) is 0 Å². The lowest BCUT2D eigenvalue weighted by molar-refractivity contribution is 0.0255. The number of hydrogen-bond acceptors (Lipinski definition) is 4. The van der Waals surface area contributed by atoms with Crippen molar-refractivity contribution in [2.75, 3.05) is 13.2 Å². The molecule has 0 aromatic heterocycles. The lowest BCUT2D eigenvalue weighted by atomic mass is 10.1. The third-order valence-electron chi connectivity index (χ3n) is 3.15. The van der Waals surface area contributed by atoms with Gasteiger partial charge in [0.05, 0.1) is 18.1 Å². The first kappa shape index (κ1) is 14.6. The molecule has 106 valence electrons. The van der Waals surface area contributed by atoms with Crippen LogP contribution in [0.15, 0.2) is 17.0 Å². The van der Waals surface area contributed by atoms with Crippen molar-refractivity contribution in [3.8, 4) is 5.75 Å². The summed E-state index contributed by atoms with van der Waals surface area (Å²) in [7, 11) is 1.71. The van der Waals surface area contributed by atoms with Crippen molar-refractivity contribution in [1.29, 1.82) is 0 Å².